The van der Waals surface area contributed by atoms with E-state index in [1.807, 2.05) is 0 Å². The van der Waals surface area contributed by atoms with E-state index in [-0.39, 0.29) is 5.54 Å². The number of hydrogen-bond acceptors (Lipinski definition) is 2. The molecular formula is C17H36N2. The zero-order chi connectivity index (χ0) is 14.3. The van der Waals surface area contributed by atoms with Gasteiger partial charge in [-0.05, 0) is 78.9 Å². The molecule has 0 aromatic rings. The predicted octanol–water partition coefficient (Wildman–Crippen LogP) is 4.06. The molecule has 0 aromatic heterocycles. The number of nitrogens with zero attached hydrogens (tertiary/aromatic N) is 1. The van der Waals surface area contributed by atoms with Gasteiger partial charge < -0.3 is 10.2 Å². The standard InChI is InChI=1S/C17H36N2/c1-6-8-16-10-13-19(14-11-16)15(2)9-7-12-18-17(3,4)5/h15-16,18H,6-14H2,1-5H3. The smallest absolute Gasteiger partial charge is 0.00965 e. The van der Waals surface area contributed by atoms with Gasteiger partial charge in [0.15, 0.2) is 0 Å². The summed E-state index contributed by atoms with van der Waals surface area (Å²) in [4.78, 5) is 2.71. The lowest BCUT2D eigenvalue weighted by Crippen LogP contribution is -2.41. The Kier molecular flexibility index (Phi) is 7.38. The number of piperidine rings is 1. The molecule has 114 valence electrons. The molecule has 1 saturated heterocycles. The quantitative estimate of drug-likeness (QED) is 0.701. The summed E-state index contributed by atoms with van der Waals surface area (Å²) in [6.07, 6.45) is 8.29. The van der Waals surface area contributed by atoms with Crippen molar-refractivity contribution in [2.24, 2.45) is 5.92 Å². The van der Waals surface area contributed by atoms with Crippen molar-refractivity contribution in [3.05, 3.63) is 0 Å². The van der Waals surface area contributed by atoms with Gasteiger partial charge in [-0.3, -0.25) is 0 Å². The maximum atomic E-state index is 3.59. The molecule has 0 saturated carbocycles. The van der Waals surface area contributed by atoms with E-state index < -0.39 is 0 Å². The Morgan fingerprint density at radius 1 is 1.21 bits per heavy atom. The molecule has 1 fully saturated rings. The summed E-state index contributed by atoms with van der Waals surface area (Å²) in [5, 5.41) is 3.59. The highest BCUT2D eigenvalue weighted by atomic mass is 15.2. The third-order valence-corrected chi connectivity index (χ3v) is 4.42. The van der Waals surface area contributed by atoms with Crippen molar-refractivity contribution in [3.63, 3.8) is 0 Å². The van der Waals surface area contributed by atoms with E-state index in [0.29, 0.717) is 0 Å². The molecule has 2 heteroatoms. The number of rotatable bonds is 7. The molecule has 1 atom stereocenters. The second-order valence-electron chi connectivity index (χ2n) is 7.44. The Balaban J connectivity index is 2.12. The van der Waals surface area contributed by atoms with E-state index >= 15 is 0 Å². The van der Waals surface area contributed by atoms with Crippen LogP contribution < -0.4 is 5.32 Å². The Hall–Kier alpha value is -0.0800. The van der Waals surface area contributed by atoms with Gasteiger partial charge in [-0.15, -0.1) is 0 Å². The second kappa shape index (κ2) is 8.26. The summed E-state index contributed by atoms with van der Waals surface area (Å²) in [7, 11) is 0. The highest BCUT2D eigenvalue weighted by Crippen LogP contribution is 2.23. The molecule has 0 radical (unpaired) electrons. The van der Waals surface area contributed by atoms with Gasteiger partial charge in [0.1, 0.15) is 0 Å². The first-order valence-electron chi connectivity index (χ1n) is 8.41. The largest absolute Gasteiger partial charge is 0.312 e. The minimum atomic E-state index is 0.266. The van der Waals surface area contributed by atoms with Crippen LogP contribution in [0.3, 0.4) is 0 Å². The van der Waals surface area contributed by atoms with Gasteiger partial charge in [-0.1, -0.05) is 19.8 Å². The summed E-state index contributed by atoms with van der Waals surface area (Å²) >= 11 is 0. The minimum absolute atomic E-state index is 0.266. The van der Waals surface area contributed by atoms with Crippen molar-refractivity contribution in [3.8, 4) is 0 Å². The molecule has 0 bridgehead atoms. The topological polar surface area (TPSA) is 15.3 Å². The molecule has 2 nitrogen and oxygen atoms in total. The lowest BCUT2D eigenvalue weighted by atomic mass is 9.91. The van der Waals surface area contributed by atoms with E-state index in [4.69, 9.17) is 0 Å². The highest BCUT2D eigenvalue weighted by Gasteiger charge is 2.21. The summed E-state index contributed by atoms with van der Waals surface area (Å²) in [6.45, 7) is 15.3. The summed E-state index contributed by atoms with van der Waals surface area (Å²) < 4.78 is 0. The number of likely N-dealkylation sites (tertiary alicyclic amines) is 1. The van der Waals surface area contributed by atoms with E-state index in [9.17, 15) is 0 Å². The van der Waals surface area contributed by atoms with Crippen LogP contribution in [0.4, 0.5) is 0 Å². The van der Waals surface area contributed by atoms with E-state index in [1.54, 1.807) is 0 Å². The van der Waals surface area contributed by atoms with Crippen molar-refractivity contribution in [2.75, 3.05) is 19.6 Å². The molecule has 19 heavy (non-hydrogen) atoms. The van der Waals surface area contributed by atoms with Crippen LogP contribution >= 0.6 is 0 Å². The van der Waals surface area contributed by atoms with Gasteiger partial charge in [0, 0.05) is 11.6 Å². The molecule has 0 aromatic carbocycles. The van der Waals surface area contributed by atoms with E-state index in [1.165, 1.54) is 51.6 Å². The number of hydrogen-bond donors (Lipinski definition) is 1. The summed E-state index contributed by atoms with van der Waals surface area (Å²) in [6, 6.07) is 0.768. The summed E-state index contributed by atoms with van der Waals surface area (Å²) in [5.74, 6) is 1.01. The fraction of sp³-hybridized carbons (Fsp3) is 1.00. The first kappa shape index (κ1) is 17.0. The average molecular weight is 268 g/mol. The zero-order valence-corrected chi connectivity index (χ0v) is 14.0. The van der Waals surface area contributed by atoms with Crippen molar-refractivity contribution in [2.45, 2.75) is 84.7 Å². The predicted molar refractivity (Wildman–Crippen MR) is 85.7 cm³/mol. The van der Waals surface area contributed by atoms with Crippen LogP contribution in [0, 0.1) is 5.92 Å². The molecule has 1 rings (SSSR count). The van der Waals surface area contributed by atoms with Crippen molar-refractivity contribution < 1.29 is 0 Å². The second-order valence-corrected chi connectivity index (χ2v) is 7.44. The Morgan fingerprint density at radius 3 is 2.37 bits per heavy atom. The maximum absolute atomic E-state index is 3.59. The van der Waals surface area contributed by atoms with Crippen LogP contribution in [0.1, 0.15) is 73.1 Å². The monoisotopic (exact) mass is 268 g/mol. The highest BCUT2D eigenvalue weighted by molar-refractivity contribution is 4.77. The molecule has 0 amide bonds. The summed E-state index contributed by atoms with van der Waals surface area (Å²) in [5.41, 5.74) is 0.266. The fourth-order valence-corrected chi connectivity index (χ4v) is 3.13. The maximum Gasteiger partial charge on any atom is 0.00965 e. The van der Waals surface area contributed by atoms with Gasteiger partial charge in [-0.25, -0.2) is 0 Å². The first-order valence-corrected chi connectivity index (χ1v) is 8.41. The molecule has 0 spiro atoms. The van der Waals surface area contributed by atoms with Gasteiger partial charge in [0.05, 0.1) is 0 Å². The SMILES string of the molecule is CCCC1CCN(C(C)CCCNC(C)(C)C)CC1. The van der Waals surface area contributed by atoms with Gasteiger partial charge >= 0.3 is 0 Å². The molecular weight excluding hydrogens is 232 g/mol. The average Bonchev–Trinajstić information content (AvgIpc) is 2.34. The van der Waals surface area contributed by atoms with Crippen LogP contribution in [0.25, 0.3) is 0 Å². The molecule has 1 N–H and O–H groups in total. The van der Waals surface area contributed by atoms with Gasteiger partial charge in [-0.2, -0.15) is 0 Å². The molecule has 0 aliphatic carbocycles. The van der Waals surface area contributed by atoms with Crippen LogP contribution in [0.2, 0.25) is 0 Å². The Morgan fingerprint density at radius 2 is 1.84 bits per heavy atom. The first-order chi connectivity index (χ1) is 8.92. The Bertz CT molecular complexity index is 224. The van der Waals surface area contributed by atoms with Crippen LogP contribution in [-0.2, 0) is 0 Å². The van der Waals surface area contributed by atoms with E-state index in [0.717, 1.165) is 18.5 Å². The minimum Gasteiger partial charge on any atom is -0.312 e. The van der Waals surface area contributed by atoms with Crippen molar-refractivity contribution in [1.29, 1.82) is 0 Å². The fourth-order valence-electron chi connectivity index (χ4n) is 3.13. The van der Waals surface area contributed by atoms with Crippen LogP contribution in [-0.4, -0.2) is 36.1 Å². The van der Waals surface area contributed by atoms with Crippen LogP contribution in [0.15, 0.2) is 0 Å². The van der Waals surface area contributed by atoms with E-state index in [2.05, 4.69) is 44.8 Å². The molecule has 1 aliphatic rings. The zero-order valence-electron chi connectivity index (χ0n) is 14.0. The molecule has 1 aliphatic heterocycles. The lowest BCUT2D eigenvalue weighted by Gasteiger charge is -2.36. The number of nitrogens with one attached hydrogen (secondary N) is 1. The van der Waals surface area contributed by atoms with Crippen molar-refractivity contribution >= 4 is 0 Å². The molecule has 1 unspecified atom stereocenters. The Labute approximate surface area is 121 Å². The third kappa shape index (κ3) is 7.31. The normalized spacial score (nSPS) is 20.7. The van der Waals surface area contributed by atoms with Gasteiger partial charge in [0.25, 0.3) is 0 Å². The van der Waals surface area contributed by atoms with Crippen LogP contribution in [0.5, 0.6) is 0 Å². The van der Waals surface area contributed by atoms with Gasteiger partial charge in [0.2, 0.25) is 0 Å². The third-order valence-electron chi connectivity index (χ3n) is 4.42. The molecule has 1 heterocycles. The lowest BCUT2D eigenvalue weighted by molar-refractivity contribution is 0.130. The van der Waals surface area contributed by atoms with Crippen molar-refractivity contribution in [1.82, 2.24) is 10.2 Å².